The lowest BCUT2D eigenvalue weighted by Gasteiger charge is -2.10. The maximum absolute atomic E-state index is 13.4. The number of aromatic amines is 1. The van der Waals surface area contributed by atoms with Crippen LogP contribution in [0.4, 0.5) is 18.9 Å². The molecule has 10 heteroatoms. The number of nitrogens with one attached hydrogen (secondary N) is 2. The van der Waals surface area contributed by atoms with E-state index in [2.05, 4.69) is 20.6 Å². The first-order valence-electron chi connectivity index (χ1n) is 10.1. The molecule has 2 aromatic heterocycles. The van der Waals surface area contributed by atoms with Crippen LogP contribution in [0.1, 0.15) is 16.1 Å². The predicted octanol–water partition coefficient (Wildman–Crippen LogP) is 6.34. The molecular formula is C24H15ClF3N5O. The minimum Gasteiger partial charge on any atom is -0.322 e. The maximum Gasteiger partial charge on any atom is 0.435 e. The van der Waals surface area contributed by atoms with Gasteiger partial charge in [-0.2, -0.15) is 23.4 Å². The van der Waals surface area contributed by atoms with Crippen LogP contribution in [0, 0.1) is 0 Å². The maximum atomic E-state index is 13.4. The SMILES string of the molecule is O=C(Nc1ccc2[nH]ncc2c1)c1ccc(-c2cc(C(F)(F)F)nn2-c2ccccc2Cl)cc1. The highest BCUT2D eigenvalue weighted by Crippen LogP contribution is 2.34. The van der Waals surface area contributed by atoms with Crippen molar-refractivity contribution in [1.82, 2.24) is 20.0 Å². The van der Waals surface area contributed by atoms with Crippen molar-refractivity contribution in [3.05, 3.63) is 95.3 Å². The van der Waals surface area contributed by atoms with Gasteiger partial charge in [-0.05, 0) is 48.5 Å². The molecule has 170 valence electrons. The summed E-state index contributed by atoms with van der Waals surface area (Å²) in [6, 6.07) is 19.0. The van der Waals surface area contributed by atoms with Crippen LogP contribution in [0.3, 0.4) is 0 Å². The lowest BCUT2D eigenvalue weighted by Crippen LogP contribution is -2.11. The van der Waals surface area contributed by atoms with Crippen molar-refractivity contribution in [2.75, 3.05) is 5.32 Å². The molecule has 0 aliphatic carbocycles. The molecule has 34 heavy (non-hydrogen) atoms. The quantitative estimate of drug-likeness (QED) is 0.314. The first-order valence-corrected chi connectivity index (χ1v) is 10.4. The minimum absolute atomic E-state index is 0.192. The molecule has 0 aliphatic heterocycles. The number of H-pyrrole nitrogens is 1. The van der Waals surface area contributed by atoms with Gasteiger partial charge in [-0.25, -0.2) is 4.68 Å². The van der Waals surface area contributed by atoms with E-state index in [0.717, 1.165) is 21.7 Å². The number of aromatic nitrogens is 4. The molecule has 2 heterocycles. The molecule has 3 aromatic carbocycles. The van der Waals surface area contributed by atoms with Gasteiger partial charge >= 0.3 is 6.18 Å². The van der Waals surface area contributed by atoms with E-state index >= 15 is 0 Å². The van der Waals surface area contributed by atoms with E-state index in [1.165, 1.54) is 12.1 Å². The number of rotatable bonds is 4. The highest BCUT2D eigenvalue weighted by molar-refractivity contribution is 6.32. The summed E-state index contributed by atoms with van der Waals surface area (Å²) in [6.07, 6.45) is -2.98. The van der Waals surface area contributed by atoms with Crippen LogP contribution < -0.4 is 5.32 Å². The first kappa shape index (κ1) is 21.7. The summed E-state index contributed by atoms with van der Waals surface area (Å²) in [5.41, 5.74) is 1.68. The number of nitrogens with zero attached hydrogens (tertiary/aromatic N) is 3. The smallest absolute Gasteiger partial charge is 0.322 e. The lowest BCUT2D eigenvalue weighted by molar-refractivity contribution is -0.141. The lowest BCUT2D eigenvalue weighted by atomic mass is 10.1. The summed E-state index contributed by atoms with van der Waals surface area (Å²) in [7, 11) is 0. The Bertz CT molecular complexity index is 1510. The zero-order valence-corrected chi connectivity index (χ0v) is 18.0. The number of halogens is 4. The summed E-state index contributed by atoms with van der Waals surface area (Å²) in [5.74, 6) is -0.356. The third-order valence-corrected chi connectivity index (χ3v) is 5.54. The number of benzene rings is 3. The summed E-state index contributed by atoms with van der Waals surface area (Å²) < 4.78 is 41.4. The van der Waals surface area contributed by atoms with Crippen LogP contribution in [-0.4, -0.2) is 25.9 Å². The topological polar surface area (TPSA) is 75.6 Å². The third-order valence-electron chi connectivity index (χ3n) is 5.22. The van der Waals surface area contributed by atoms with Gasteiger partial charge in [0.25, 0.3) is 5.91 Å². The number of para-hydroxylation sites is 1. The van der Waals surface area contributed by atoms with Gasteiger partial charge < -0.3 is 5.32 Å². The van der Waals surface area contributed by atoms with Gasteiger partial charge in [-0.1, -0.05) is 35.9 Å². The highest BCUT2D eigenvalue weighted by Gasteiger charge is 2.35. The molecule has 0 fully saturated rings. The Morgan fingerprint density at radius 2 is 1.76 bits per heavy atom. The van der Waals surface area contributed by atoms with E-state index in [4.69, 9.17) is 11.6 Å². The van der Waals surface area contributed by atoms with E-state index in [0.29, 0.717) is 22.5 Å². The molecule has 1 amide bonds. The normalized spacial score (nSPS) is 11.6. The van der Waals surface area contributed by atoms with Gasteiger partial charge in [-0.3, -0.25) is 9.89 Å². The Hall–Kier alpha value is -4.11. The number of carbonyl (C=O) groups is 1. The van der Waals surface area contributed by atoms with Crippen molar-refractivity contribution in [3.63, 3.8) is 0 Å². The predicted molar refractivity (Wildman–Crippen MR) is 123 cm³/mol. The van der Waals surface area contributed by atoms with Crippen molar-refractivity contribution in [2.24, 2.45) is 0 Å². The Kier molecular flexibility index (Phi) is 5.33. The second-order valence-corrected chi connectivity index (χ2v) is 7.89. The number of carbonyl (C=O) groups excluding carboxylic acids is 1. The molecule has 0 radical (unpaired) electrons. The molecule has 6 nitrogen and oxygen atoms in total. The van der Waals surface area contributed by atoms with Crippen LogP contribution >= 0.6 is 11.6 Å². The van der Waals surface area contributed by atoms with Crippen molar-refractivity contribution < 1.29 is 18.0 Å². The van der Waals surface area contributed by atoms with Crippen molar-refractivity contribution in [2.45, 2.75) is 6.18 Å². The Balaban J connectivity index is 1.46. The number of anilines is 1. The van der Waals surface area contributed by atoms with Gasteiger partial charge in [0.2, 0.25) is 0 Å². The largest absolute Gasteiger partial charge is 0.435 e. The Morgan fingerprint density at radius 1 is 1.00 bits per heavy atom. The second-order valence-electron chi connectivity index (χ2n) is 7.48. The second kappa shape index (κ2) is 8.35. The fraction of sp³-hybridized carbons (Fsp3) is 0.0417. The fourth-order valence-electron chi connectivity index (χ4n) is 3.55. The minimum atomic E-state index is -4.63. The molecule has 0 spiro atoms. The summed E-state index contributed by atoms with van der Waals surface area (Å²) >= 11 is 6.21. The fourth-order valence-corrected chi connectivity index (χ4v) is 3.76. The van der Waals surface area contributed by atoms with Crippen LogP contribution in [0.2, 0.25) is 5.02 Å². The molecule has 0 saturated carbocycles. The summed E-state index contributed by atoms with van der Waals surface area (Å²) in [6.45, 7) is 0. The van der Waals surface area contributed by atoms with E-state index in [1.54, 1.807) is 60.8 Å². The van der Waals surface area contributed by atoms with Crippen LogP contribution in [-0.2, 0) is 6.18 Å². The number of hydrogen-bond acceptors (Lipinski definition) is 3. The van der Waals surface area contributed by atoms with E-state index in [9.17, 15) is 18.0 Å². The molecule has 5 aromatic rings. The Morgan fingerprint density at radius 3 is 2.50 bits per heavy atom. The summed E-state index contributed by atoms with van der Waals surface area (Å²) in [4.78, 5) is 12.7. The molecule has 0 unspecified atom stereocenters. The zero-order chi connectivity index (χ0) is 23.9. The molecule has 5 rings (SSSR count). The average molecular weight is 482 g/mol. The molecular weight excluding hydrogens is 467 g/mol. The van der Waals surface area contributed by atoms with E-state index < -0.39 is 11.9 Å². The molecule has 0 saturated heterocycles. The zero-order valence-electron chi connectivity index (χ0n) is 17.3. The van der Waals surface area contributed by atoms with Crippen LogP contribution in [0.5, 0.6) is 0 Å². The molecule has 0 aliphatic rings. The van der Waals surface area contributed by atoms with Crippen LogP contribution in [0.25, 0.3) is 27.8 Å². The molecule has 0 atom stereocenters. The Labute approximate surface area is 196 Å². The van der Waals surface area contributed by atoms with E-state index in [1.807, 2.05) is 0 Å². The number of amides is 1. The number of hydrogen-bond donors (Lipinski definition) is 2. The van der Waals surface area contributed by atoms with Crippen molar-refractivity contribution >= 4 is 34.1 Å². The number of alkyl halides is 3. The molecule has 2 N–H and O–H groups in total. The number of fused-ring (bicyclic) bond motifs is 1. The average Bonchev–Trinajstić information content (AvgIpc) is 3.46. The third kappa shape index (κ3) is 4.13. The van der Waals surface area contributed by atoms with Gasteiger partial charge in [0, 0.05) is 22.2 Å². The van der Waals surface area contributed by atoms with Gasteiger partial charge in [-0.15, -0.1) is 0 Å². The van der Waals surface area contributed by atoms with Crippen molar-refractivity contribution in [3.8, 4) is 16.9 Å². The highest BCUT2D eigenvalue weighted by atomic mass is 35.5. The van der Waals surface area contributed by atoms with Crippen molar-refractivity contribution in [1.29, 1.82) is 0 Å². The first-order chi connectivity index (χ1) is 16.3. The van der Waals surface area contributed by atoms with Crippen LogP contribution in [0.15, 0.2) is 79.0 Å². The standard InChI is InChI=1S/C24H15ClF3N5O/c25-18-3-1-2-4-20(18)33-21(12-22(32-33)24(26,27)28)14-5-7-15(8-6-14)23(34)30-17-9-10-19-16(11-17)13-29-31-19/h1-13H,(H,29,31)(H,30,34). The summed E-state index contributed by atoms with van der Waals surface area (Å²) in [5, 5.41) is 14.4. The monoisotopic (exact) mass is 481 g/mol. The van der Waals surface area contributed by atoms with Gasteiger partial charge in [0.1, 0.15) is 0 Å². The van der Waals surface area contributed by atoms with E-state index in [-0.39, 0.29) is 16.6 Å². The van der Waals surface area contributed by atoms with Gasteiger partial charge in [0.15, 0.2) is 5.69 Å². The molecule has 0 bridgehead atoms. The van der Waals surface area contributed by atoms with Gasteiger partial charge in [0.05, 0.1) is 28.1 Å².